The van der Waals surface area contributed by atoms with Gasteiger partial charge >= 0.3 is 0 Å². The third kappa shape index (κ3) is 5.67. The maximum Gasteiger partial charge on any atom is 0.187 e. The normalized spacial score (nSPS) is 17.3. The Hall–Kier alpha value is -0.832. The summed E-state index contributed by atoms with van der Waals surface area (Å²) in [6.45, 7) is 2.59. The molecule has 0 amide bonds. The summed E-state index contributed by atoms with van der Waals surface area (Å²) in [6, 6.07) is 7.75. The first-order valence-electron chi connectivity index (χ1n) is 5.37. The van der Waals surface area contributed by atoms with Crippen molar-refractivity contribution in [1.29, 1.82) is 0 Å². The van der Waals surface area contributed by atoms with Gasteiger partial charge in [0.2, 0.25) is 0 Å². The fraction of sp³-hybridized carbons (Fsp3) is 0.308. The molecule has 5 heteroatoms. The number of benzene rings is 1. The molecular formula is C13H15O4W-. The minimum Gasteiger partial charge on any atom is -0.567 e. The molecule has 1 aliphatic heterocycles. The van der Waals surface area contributed by atoms with E-state index >= 15 is 0 Å². The fourth-order valence-corrected chi connectivity index (χ4v) is 1.22. The van der Waals surface area contributed by atoms with Crippen molar-refractivity contribution in [2.45, 2.75) is 6.10 Å². The number of methoxy groups -OCH3 is 1. The molecule has 1 aliphatic rings. The van der Waals surface area contributed by atoms with E-state index in [1.165, 1.54) is 0 Å². The fourth-order valence-electron chi connectivity index (χ4n) is 1.22. The van der Waals surface area contributed by atoms with Crippen molar-refractivity contribution in [3.8, 4) is 5.75 Å². The van der Waals surface area contributed by atoms with E-state index < -0.39 is 0 Å². The number of rotatable bonds is 7. The Kier molecular flexibility index (Phi) is 7.02. The van der Waals surface area contributed by atoms with E-state index in [2.05, 4.69) is 0 Å². The summed E-state index contributed by atoms with van der Waals surface area (Å²) in [4.78, 5) is 0. The van der Waals surface area contributed by atoms with Gasteiger partial charge in [0.15, 0.2) is 6.79 Å². The zero-order valence-corrected chi connectivity index (χ0v) is 13.0. The molecule has 2 rings (SSSR count). The molecule has 0 N–H and O–H groups in total. The minimum atomic E-state index is 0. The van der Waals surface area contributed by atoms with Crippen LogP contribution < -0.4 is 4.74 Å². The molecule has 1 aromatic rings. The summed E-state index contributed by atoms with van der Waals surface area (Å²) in [5.41, 5.74) is 1.04. The van der Waals surface area contributed by atoms with Gasteiger partial charge in [0.25, 0.3) is 0 Å². The van der Waals surface area contributed by atoms with E-state index in [4.69, 9.17) is 18.9 Å². The zero-order chi connectivity index (χ0) is 11.9. The Balaban J connectivity index is 0.00000162. The first-order valence-corrected chi connectivity index (χ1v) is 5.37. The predicted molar refractivity (Wildman–Crippen MR) is 63.1 cm³/mol. The van der Waals surface area contributed by atoms with E-state index in [0.29, 0.717) is 6.61 Å². The van der Waals surface area contributed by atoms with Crippen LogP contribution >= 0.6 is 0 Å². The second-order valence-electron chi connectivity index (χ2n) is 3.57. The topological polar surface area (TPSA) is 40.2 Å². The van der Waals surface area contributed by atoms with Gasteiger partial charge in [0.1, 0.15) is 5.75 Å². The molecular weight excluding hydrogens is 404 g/mol. The smallest absolute Gasteiger partial charge is 0.187 e. The summed E-state index contributed by atoms with van der Waals surface area (Å²) in [7, 11) is 1.58. The minimum absolute atomic E-state index is 0. The van der Waals surface area contributed by atoms with Crippen molar-refractivity contribution < 1.29 is 40.0 Å². The van der Waals surface area contributed by atoms with Crippen LogP contribution in [0.4, 0.5) is 0 Å². The summed E-state index contributed by atoms with van der Waals surface area (Å²) < 4.78 is 20.2. The second-order valence-corrected chi connectivity index (χ2v) is 3.57. The number of hydrogen-bond donors (Lipinski definition) is 0. The molecule has 1 unspecified atom stereocenters. The molecule has 0 bridgehead atoms. The molecule has 1 aromatic carbocycles. The summed E-state index contributed by atoms with van der Waals surface area (Å²) in [5, 5.41) is 0. The molecule has 0 aliphatic carbocycles. The quantitative estimate of drug-likeness (QED) is 0.224. The Bertz CT molecular complexity index is 360. The van der Waals surface area contributed by atoms with Gasteiger partial charge in [0.05, 0.1) is 12.9 Å². The van der Waals surface area contributed by atoms with Crippen LogP contribution in [0.25, 0.3) is 6.08 Å². The average Bonchev–Trinajstić information content (AvgIpc) is 3.18. The number of hydrogen-bond acceptors (Lipinski definition) is 4. The van der Waals surface area contributed by atoms with Crippen LogP contribution in [-0.4, -0.2) is 26.6 Å². The monoisotopic (exact) mass is 419 g/mol. The van der Waals surface area contributed by atoms with Crippen LogP contribution in [0.5, 0.6) is 5.75 Å². The van der Waals surface area contributed by atoms with Crippen molar-refractivity contribution in [3.05, 3.63) is 42.7 Å². The predicted octanol–water partition coefficient (Wildman–Crippen LogP) is 2.21. The van der Waals surface area contributed by atoms with E-state index in [-0.39, 0.29) is 34.0 Å². The van der Waals surface area contributed by atoms with Crippen molar-refractivity contribution in [1.82, 2.24) is 0 Å². The van der Waals surface area contributed by atoms with Crippen LogP contribution in [0.2, 0.25) is 0 Å². The van der Waals surface area contributed by atoms with Gasteiger partial charge in [0, 0.05) is 28.2 Å². The van der Waals surface area contributed by atoms with Crippen LogP contribution in [0.3, 0.4) is 0 Å². The molecule has 0 spiro atoms. The molecule has 0 radical (unpaired) electrons. The number of epoxide rings is 1. The summed E-state index contributed by atoms with van der Waals surface area (Å²) in [5.74, 6) is 0.837. The van der Waals surface area contributed by atoms with Crippen LogP contribution in [-0.2, 0) is 35.3 Å². The van der Waals surface area contributed by atoms with E-state index in [0.717, 1.165) is 11.3 Å². The maximum atomic E-state index is 5.50. The van der Waals surface area contributed by atoms with Crippen molar-refractivity contribution in [2.75, 3.05) is 20.5 Å². The standard InChI is InChI=1S/C13H15O4.W/c1-14-10-15-7-6-11-2-4-12(5-3-11)16-8-13-9-17-13;/h2-7,9,13H,8,10H2,1H3;/q-1;. The van der Waals surface area contributed by atoms with E-state index in [1.807, 2.05) is 30.3 Å². The molecule has 1 saturated heterocycles. The zero-order valence-electron chi connectivity index (χ0n) is 10.1. The van der Waals surface area contributed by atoms with E-state index in [9.17, 15) is 0 Å². The van der Waals surface area contributed by atoms with Crippen molar-refractivity contribution in [3.63, 3.8) is 0 Å². The van der Waals surface area contributed by atoms with Gasteiger partial charge in [-0.1, -0.05) is 12.1 Å². The molecule has 1 heterocycles. The first-order chi connectivity index (χ1) is 8.38. The van der Waals surface area contributed by atoms with Crippen LogP contribution in [0, 0.1) is 6.61 Å². The van der Waals surface area contributed by atoms with Gasteiger partial charge in [-0.2, -0.15) is 6.61 Å². The molecule has 1 fully saturated rings. The molecule has 1 atom stereocenters. The number of ether oxygens (including phenoxy) is 4. The van der Waals surface area contributed by atoms with Crippen LogP contribution in [0.15, 0.2) is 30.5 Å². The third-order valence-corrected chi connectivity index (χ3v) is 2.17. The second kappa shape index (κ2) is 8.30. The van der Waals surface area contributed by atoms with Gasteiger partial charge in [-0.25, -0.2) is 0 Å². The first kappa shape index (κ1) is 15.2. The van der Waals surface area contributed by atoms with Gasteiger partial charge < -0.3 is 18.9 Å². The Morgan fingerprint density at radius 3 is 2.67 bits per heavy atom. The third-order valence-electron chi connectivity index (χ3n) is 2.17. The van der Waals surface area contributed by atoms with Gasteiger partial charge in [-0.3, -0.25) is 0 Å². The van der Waals surface area contributed by atoms with E-state index in [1.54, 1.807) is 20.0 Å². The Labute approximate surface area is 121 Å². The molecule has 0 saturated carbocycles. The molecule has 18 heavy (non-hydrogen) atoms. The van der Waals surface area contributed by atoms with Crippen LogP contribution in [0.1, 0.15) is 5.56 Å². The Morgan fingerprint density at radius 1 is 1.33 bits per heavy atom. The summed E-state index contributed by atoms with van der Waals surface area (Å²) in [6.07, 6.45) is 3.63. The SMILES string of the molecule is COCOC=Cc1ccc(OCC2[CH-]O2)cc1.[W]. The molecule has 4 nitrogen and oxygen atoms in total. The molecule has 0 aromatic heterocycles. The maximum absolute atomic E-state index is 5.50. The molecule has 98 valence electrons. The summed E-state index contributed by atoms with van der Waals surface area (Å²) >= 11 is 0. The average molecular weight is 419 g/mol. The Morgan fingerprint density at radius 2 is 2.06 bits per heavy atom. The van der Waals surface area contributed by atoms with Gasteiger partial charge in [-0.05, 0) is 29.9 Å². The largest absolute Gasteiger partial charge is 0.567 e. The van der Waals surface area contributed by atoms with Crippen molar-refractivity contribution >= 4 is 6.08 Å². The van der Waals surface area contributed by atoms with Gasteiger partial charge in [-0.15, -0.1) is 0 Å². The van der Waals surface area contributed by atoms with Crippen molar-refractivity contribution in [2.24, 2.45) is 0 Å².